The summed E-state index contributed by atoms with van der Waals surface area (Å²) in [7, 11) is 0. The topological polar surface area (TPSA) is 116 Å². The molecular weight excluding hydrogens is 648 g/mol. The van der Waals surface area contributed by atoms with E-state index in [4.69, 9.17) is 29.4 Å². The molecule has 5 aliphatic rings. The molecule has 5 heterocycles. The summed E-state index contributed by atoms with van der Waals surface area (Å²) in [5.74, 6) is 3.16. The van der Waals surface area contributed by atoms with Crippen LogP contribution in [0.25, 0.3) is 0 Å². The van der Waals surface area contributed by atoms with Crippen LogP contribution < -0.4 is 34.3 Å². The number of hydrogen-bond donors (Lipinski definition) is 1. The number of nitrogen functional groups attached to an aromatic ring is 1. The summed E-state index contributed by atoms with van der Waals surface area (Å²) in [6.07, 6.45) is 5.19. The molecule has 0 spiro atoms. The first-order valence-corrected chi connectivity index (χ1v) is 17.8. The molecule has 11 nitrogen and oxygen atoms in total. The normalized spacial score (nSPS) is 20.9. The number of nitrogens with zero attached hydrogens (tertiary/aromatic N) is 3. The number of ether oxygens (including phenoxy) is 5. The van der Waals surface area contributed by atoms with E-state index >= 15 is 0 Å². The number of nitrogens with two attached hydrogens (primary N) is 1. The highest BCUT2D eigenvalue weighted by atomic mass is 16.6. The first-order chi connectivity index (χ1) is 25.0. The molecule has 51 heavy (non-hydrogen) atoms. The van der Waals surface area contributed by atoms with E-state index in [1.165, 1.54) is 43.7 Å². The number of fused-ring (bicyclic) bond motifs is 3. The molecule has 0 aromatic heterocycles. The van der Waals surface area contributed by atoms with E-state index in [2.05, 4.69) is 9.80 Å². The van der Waals surface area contributed by atoms with Gasteiger partial charge in [0, 0.05) is 30.9 Å². The Balaban J connectivity index is 0.000000184. The van der Waals surface area contributed by atoms with Gasteiger partial charge >= 0.3 is 0 Å². The van der Waals surface area contributed by atoms with Crippen LogP contribution in [0.1, 0.15) is 46.4 Å². The molecule has 0 radical (unpaired) electrons. The van der Waals surface area contributed by atoms with Gasteiger partial charge in [0.2, 0.25) is 0 Å². The number of para-hydroxylation sites is 1. The van der Waals surface area contributed by atoms with Gasteiger partial charge in [0.1, 0.15) is 36.9 Å². The van der Waals surface area contributed by atoms with Crippen LogP contribution in [-0.2, 0) is 0 Å². The van der Waals surface area contributed by atoms with Crippen LogP contribution in [0.5, 0.6) is 34.5 Å². The molecule has 2 unspecified atom stereocenters. The number of carbonyl (C=O) groups is 2. The monoisotopic (exact) mass is 690 g/mol. The van der Waals surface area contributed by atoms with Crippen molar-refractivity contribution in [1.29, 1.82) is 0 Å². The Kier molecular flexibility index (Phi) is 9.38. The minimum atomic E-state index is -0.387. The van der Waals surface area contributed by atoms with Gasteiger partial charge in [-0.25, -0.2) is 4.90 Å². The highest BCUT2D eigenvalue weighted by molar-refractivity contribution is 6.34. The number of carbonyl (C=O) groups excluding carboxylic acids is 2. The van der Waals surface area contributed by atoms with Crippen LogP contribution in [0, 0.1) is 0 Å². The van der Waals surface area contributed by atoms with Crippen LogP contribution in [0.3, 0.4) is 0 Å². The van der Waals surface area contributed by atoms with E-state index in [1.54, 1.807) is 36.4 Å². The lowest BCUT2D eigenvalue weighted by atomic mass is 10.1. The van der Waals surface area contributed by atoms with Gasteiger partial charge in [-0.2, -0.15) is 0 Å². The van der Waals surface area contributed by atoms with Gasteiger partial charge in [-0.3, -0.25) is 19.4 Å². The van der Waals surface area contributed by atoms with E-state index in [0.29, 0.717) is 58.7 Å². The fraction of sp³-hybridized carbons (Fsp3) is 0.350. The Hall–Kier alpha value is -5.26. The molecule has 11 heteroatoms. The number of hydrogen-bond acceptors (Lipinski definition) is 10. The van der Waals surface area contributed by atoms with Gasteiger partial charge in [-0.15, -0.1) is 0 Å². The number of rotatable bonds is 7. The summed E-state index contributed by atoms with van der Waals surface area (Å²) < 4.78 is 29.5. The van der Waals surface area contributed by atoms with Gasteiger partial charge in [0.15, 0.2) is 23.0 Å². The molecule has 2 atom stereocenters. The molecule has 4 aromatic carbocycles. The van der Waals surface area contributed by atoms with Crippen LogP contribution in [0.2, 0.25) is 0 Å². The van der Waals surface area contributed by atoms with E-state index in [0.717, 1.165) is 37.7 Å². The number of benzene rings is 4. The minimum Gasteiger partial charge on any atom is -0.486 e. The fourth-order valence-corrected chi connectivity index (χ4v) is 7.20. The molecule has 2 amide bonds. The third-order valence-electron chi connectivity index (χ3n) is 9.75. The summed E-state index contributed by atoms with van der Waals surface area (Å²) >= 11 is 0. The van der Waals surface area contributed by atoms with Crippen LogP contribution in [-0.4, -0.2) is 86.3 Å². The summed E-state index contributed by atoms with van der Waals surface area (Å²) in [6.45, 7) is 7.44. The Morgan fingerprint density at radius 2 is 1.20 bits per heavy atom. The number of imide groups is 1. The zero-order valence-electron chi connectivity index (χ0n) is 28.5. The van der Waals surface area contributed by atoms with E-state index in [-0.39, 0.29) is 24.0 Å². The Bertz CT molecular complexity index is 1890. The average Bonchev–Trinajstić information content (AvgIpc) is 3.91. The van der Waals surface area contributed by atoms with Crippen molar-refractivity contribution in [2.75, 3.05) is 63.1 Å². The zero-order chi connectivity index (χ0) is 34.7. The predicted molar refractivity (Wildman–Crippen MR) is 193 cm³/mol. The third kappa shape index (κ3) is 7.31. The van der Waals surface area contributed by atoms with Gasteiger partial charge < -0.3 is 29.4 Å². The molecule has 5 aliphatic heterocycles. The summed E-state index contributed by atoms with van der Waals surface area (Å²) in [6, 6.07) is 25.0. The number of amides is 2. The summed E-state index contributed by atoms with van der Waals surface area (Å²) in [5.41, 5.74) is 7.54. The SMILES string of the molecule is Nc1ccc2c(c1)OCC(CN1CCCC1)O2.O=C1c2ccc(Oc3ccccc3)cc2C(=O)N1c1ccc2c(c1)OCC(CN1CCCC1)O2. The molecule has 4 aromatic rings. The van der Waals surface area contributed by atoms with E-state index in [9.17, 15) is 9.59 Å². The van der Waals surface area contributed by atoms with Gasteiger partial charge in [0.25, 0.3) is 11.8 Å². The Labute approximate surface area is 297 Å². The first kappa shape index (κ1) is 32.9. The van der Waals surface area contributed by atoms with Crippen molar-refractivity contribution in [3.05, 3.63) is 96.1 Å². The molecule has 264 valence electrons. The summed E-state index contributed by atoms with van der Waals surface area (Å²) in [5, 5.41) is 0. The van der Waals surface area contributed by atoms with Gasteiger partial charge in [-0.05, 0) is 106 Å². The van der Waals surface area contributed by atoms with Crippen molar-refractivity contribution >= 4 is 23.2 Å². The second-order valence-corrected chi connectivity index (χ2v) is 13.5. The maximum Gasteiger partial charge on any atom is 0.266 e. The third-order valence-corrected chi connectivity index (χ3v) is 9.75. The smallest absolute Gasteiger partial charge is 0.266 e. The lowest BCUT2D eigenvalue weighted by molar-refractivity contribution is 0.0650. The standard InChI is InChI=1S/C27H24N2O5.C13H18N2O2/c30-26-22-10-9-20(33-19-6-2-1-3-7-19)15-23(22)27(31)29(26)18-8-11-24-25(14-18)32-17-21(34-24)16-28-12-4-5-13-28;14-10-3-4-12-13(7-10)16-9-11(17-12)8-15-5-1-2-6-15/h1-3,6-11,14-15,21H,4-5,12-13,16-17H2;3-4,7,11H,1-2,5-6,8-9,14H2. The Morgan fingerprint density at radius 1 is 0.608 bits per heavy atom. The number of anilines is 2. The summed E-state index contributed by atoms with van der Waals surface area (Å²) in [4.78, 5) is 32.3. The zero-order valence-corrected chi connectivity index (χ0v) is 28.5. The molecule has 2 fully saturated rings. The maximum atomic E-state index is 13.2. The van der Waals surface area contributed by atoms with Crippen molar-refractivity contribution in [3.63, 3.8) is 0 Å². The fourth-order valence-electron chi connectivity index (χ4n) is 7.20. The van der Waals surface area contributed by atoms with Crippen molar-refractivity contribution in [1.82, 2.24) is 9.80 Å². The molecule has 0 bridgehead atoms. The van der Waals surface area contributed by atoms with Gasteiger partial charge in [0.05, 0.1) is 16.8 Å². The van der Waals surface area contributed by atoms with E-state index < -0.39 is 0 Å². The van der Waals surface area contributed by atoms with Crippen molar-refractivity contribution < 1.29 is 33.3 Å². The largest absolute Gasteiger partial charge is 0.486 e. The van der Waals surface area contributed by atoms with Crippen LogP contribution >= 0.6 is 0 Å². The molecular formula is C40H42N4O7. The molecule has 2 saturated heterocycles. The van der Waals surface area contributed by atoms with Crippen molar-refractivity contribution in [2.24, 2.45) is 0 Å². The second-order valence-electron chi connectivity index (χ2n) is 13.5. The van der Waals surface area contributed by atoms with Crippen LogP contribution in [0.4, 0.5) is 11.4 Å². The minimum absolute atomic E-state index is 0.0289. The first-order valence-electron chi connectivity index (χ1n) is 17.8. The molecule has 0 saturated carbocycles. The van der Waals surface area contributed by atoms with E-state index in [1.807, 2.05) is 48.5 Å². The number of likely N-dealkylation sites (tertiary alicyclic amines) is 2. The lowest BCUT2D eigenvalue weighted by Crippen LogP contribution is -2.40. The van der Waals surface area contributed by atoms with Gasteiger partial charge in [-0.1, -0.05) is 18.2 Å². The maximum absolute atomic E-state index is 13.2. The highest BCUT2D eigenvalue weighted by Gasteiger charge is 2.38. The van der Waals surface area contributed by atoms with Crippen molar-refractivity contribution in [3.8, 4) is 34.5 Å². The lowest BCUT2D eigenvalue weighted by Gasteiger charge is -2.30. The predicted octanol–water partition coefficient (Wildman–Crippen LogP) is 6.02. The average molecular weight is 691 g/mol. The van der Waals surface area contributed by atoms with Crippen molar-refractivity contribution in [2.45, 2.75) is 37.9 Å². The Morgan fingerprint density at radius 3 is 1.84 bits per heavy atom. The quantitative estimate of drug-likeness (QED) is 0.182. The molecule has 9 rings (SSSR count). The second kappa shape index (κ2) is 14.5. The van der Waals surface area contributed by atoms with Crippen LogP contribution in [0.15, 0.2) is 84.9 Å². The molecule has 0 aliphatic carbocycles. The molecule has 2 N–H and O–H groups in total. The highest BCUT2D eigenvalue weighted by Crippen LogP contribution is 2.39.